The van der Waals surface area contributed by atoms with E-state index >= 15 is 0 Å². The SMILES string of the molecule is O=C(CCCN1C(=O)c2ccccc2C1=O)Nc1ccccc1C(=O)NC1CCCCC1. The van der Waals surface area contributed by atoms with Crippen LogP contribution in [0.2, 0.25) is 0 Å². The Morgan fingerprint density at radius 2 is 1.50 bits per heavy atom. The number of nitrogens with zero attached hydrogens (tertiary/aromatic N) is 1. The molecule has 4 rings (SSSR count). The van der Waals surface area contributed by atoms with Gasteiger partial charge in [-0.2, -0.15) is 0 Å². The van der Waals surface area contributed by atoms with Crippen LogP contribution in [0.1, 0.15) is 76.0 Å². The van der Waals surface area contributed by atoms with Crippen LogP contribution in [-0.4, -0.2) is 41.1 Å². The number of amides is 4. The van der Waals surface area contributed by atoms with E-state index in [1.165, 1.54) is 11.3 Å². The van der Waals surface area contributed by atoms with E-state index in [1.807, 2.05) is 0 Å². The third-order valence-electron chi connectivity index (χ3n) is 6.05. The zero-order chi connectivity index (χ0) is 22.5. The fraction of sp³-hybridized carbons (Fsp3) is 0.360. The van der Waals surface area contributed by atoms with Crippen LogP contribution in [0, 0.1) is 0 Å². The number of carbonyl (C=O) groups excluding carboxylic acids is 4. The number of nitrogens with one attached hydrogen (secondary N) is 2. The van der Waals surface area contributed by atoms with Crippen LogP contribution in [-0.2, 0) is 4.79 Å². The molecule has 1 saturated carbocycles. The molecule has 0 saturated heterocycles. The van der Waals surface area contributed by atoms with Crippen molar-refractivity contribution >= 4 is 29.3 Å². The topological polar surface area (TPSA) is 95.6 Å². The van der Waals surface area contributed by atoms with Crippen molar-refractivity contribution in [2.45, 2.75) is 51.0 Å². The van der Waals surface area contributed by atoms with Crippen molar-refractivity contribution in [1.82, 2.24) is 10.2 Å². The zero-order valence-corrected chi connectivity index (χ0v) is 17.9. The molecule has 0 aromatic heterocycles. The Kier molecular flexibility index (Phi) is 6.63. The molecule has 2 N–H and O–H groups in total. The largest absolute Gasteiger partial charge is 0.349 e. The lowest BCUT2D eigenvalue weighted by Gasteiger charge is -2.23. The minimum atomic E-state index is -0.323. The summed E-state index contributed by atoms with van der Waals surface area (Å²) in [6.07, 6.45) is 5.89. The zero-order valence-electron chi connectivity index (χ0n) is 17.9. The highest BCUT2D eigenvalue weighted by Gasteiger charge is 2.34. The maximum atomic E-state index is 12.7. The van der Waals surface area contributed by atoms with Gasteiger partial charge in [-0.15, -0.1) is 0 Å². The number of fused-ring (bicyclic) bond motifs is 1. The molecular formula is C25H27N3O4. The van der Waals surface area contributed by atoms with E-state index in [1.54, 1.807) is 48.5 Å². The monoisotopic (exact) mass is 433 g/mol. The molecular weight excluding hydrogens is 406 g/mol. The normalized spacial score (nSPS) is 16.1. The standard InChI is InChI=1S/C25H27N3O4/c29-22(15-8-16-28-24(31)18-11-4-5-12-19(18)25(28)32)27-21-14-7-6-13-20(21)23(30)26-17-9-2-1-3-10-17/h4-7,11-14,17H,1-3,8-10,15-16H2,(H,26,30)(H,27,29). The van der Waals surface area contributed by atoms with Crippen molar-refractivity contribution < 1.29 is 19.2 Å². The molecule has 32 heavy (non-hydrogen) atoms. The molecule has 0 bridgehead atoms. The molecule has 4 amide bonds. The van der Waals surface area contributed by atoms with Crippen LogP contribution in [0.15, 0.2) is 48.5 Å². The summed E-state index contributed by atoms with van der Waals surface area (Å²) in [6, 6.07) is 13.9. The molecule has 7 heteroatoms. The van der Waals surface area contributed by atoms with E-state index in [9.17, 15) is 19.2 Å². The number of hydrogen-bond donors (Lipinski definition) is 2. The molecule has 1 aliphatic heterocycles. The summed E-state index contributed by atoms with van der Waals surface area (Å²) in [7, 11) is 0. The third-order valence-corrected chi connectivity index (χ3v) is 6.05. The van der Waals surface area contributed by atoms with Gasteiger partial charge in [0.25, 0.3) is 17.7 Å². The lowest BCUT2D eigenvalue weighted by Crippen LogP contribution is -2.36. The van der Waals surface area contributed by atoms with Crippen LogP contribution in [0.4, 0.5) is 5.69 Å². The Bertz CT molecular complexity index is 1010. The molecule has 0 unspecified atom stereocenters. The van der Waals surface area contributed by atoms with Gasteiger partial charge < -0.3 is 10.6 Å². The maximum absolute atomic E-state index is 12.7. The first-order valence-electron chi connectivity index (χ1n) is 11.2. The Morgan fingerprint density at radius 1 is 0.875 bits per heavy atom. The molecule has 0 spiro atoms. The van der Waals surface area contributed by atoms with E-state index < -0.39 is 0 Å². The lowest BCUT2D eigenvalue weighted by molar-refractivity contribution is -0.116. The van der Waals surface area contributed by atoms with Gasteiger partial charge >= 0.3 is 0 Å². The van der Waals surface area contributed by atoms with Gasteiger partial charge in [-0.1, -0.05) is 43.5 Å². The van der Waals surface area contributed by atoms with Crippen LogP contribution in [0.5, 0.6) is 0 Å². The number of hydrogen-bond acceptors (Lipinski definition) is 4. The van der Waals surface area contributed by atoms with E-state index in [-0.39, 0.29) is 42.6 Å². The van der Waals surface area contributed by atoms with Gasteiger partial charge in [-0.05, 0) is 43.5 Å². The first-order valence-corrected chi connectivity index (χ1v) is 11.2. The Balaban J connectivity index is 1.31. The maximum Gasteiger partial charge on any atom is 0.261 e. The predicted molar refractivity (Wildman–Crippen MR) is 120 cm³/mol. The van der Waals surface area contributed by atoms with Crippen molar-refractivity contribution in [2.75, 3.05) is 11.9 Å². The first-order chi connectivity index (χ1) is 15.5. The van der Waals surface area contributed by atoms with Gasteiger partial charge in [-0.3, -0.25) is 24.1 Å². The second-order valence-electron chi connectivity index (χ2n) is 8.31. The molecule has 0 atom stereocenters. The third kappa shape index (κ3) is 4.72. The quantitative estimate of drug-likeness (QED) is 0.650. The minimum Gasteiger partial charge on any atom is -0.349 e. The molecule has 1 fully saturated rings. The fourth-order valence-corrected chi connectivity index (χ4v) is 4.35. The smallest absolute Gasteiger partial charge is 0.261 e. The van der Waals surface area contributed by atoms with Gasteiger partial charge in [0.15, 0.2) is 0 Å². The molecule has 166 valence electrons. The van der Waals surface area contributed by atoms with Gasteiger partial charge in [-0.25, -0.2) is 0 Å². The number of benzene rings is 2. The van der Waals surface area contributed by atoms with Gasteiger partial charge in [0.2, 0.25) is 5.91 Å². The van der Waals surface area contributed by atoms with Crippen LogP contribution in [0.3, 0.4) is 0 Å². The number of para-hydroxylation sites is 1. The number of imide groups is 1. The first kappa shape index (κ1) is 21.7. The van der Waals surface area contributed by atoms with Crippen molar-refractivity contribution in [2.24, 2.45) is 0 Å². The summed E-state index contributed by atoms with van der Waals surface area (Å²) in [5.74, 6) is -1.09. The molecule has 2 aliphatic rings. The Morgan fingerprint density at radius 3 is 2.19 bits per heavy atom. The van der Waals surface area contributed by atoms with Crippen LogP contribution < -0.4 is 10.6 Å². The van der Waals surface area contributed by atoms with Crippen molar-refractivity contribution in [3.63, 3.8) is 0 Å². The van der Waals surface area contributed by atoms with Crippen molar-refractivity contribution in [1.29, 1.82) is 0 Å². The fourth-order valence-electron chi connectivity index (χ4n) is 4.35. The Hall–Kier alpha value is -3.48. The molecule has 7 nitrogen and oxygen atoms in total. The van der Waals surface area contributed by atoms with Gasteiger partial charge in [0.05, 0.1) is 22.4 Å². The van der Waals surface area contributed by atoms with Crippen molar-refractivity contribution in [3.8, 4) is 0 Å². The summed E-state index contributed by atoms with van der Waals surface area (Å²) in [5.41, 5.74) is 1.71. The average Bonchev–Trinajstić information content (AvgIpc) is 3.05. The minimum absolute atomic E-state index is 0.131. The average molecular weight is 434 g/mol. The number of carbonyl (C=O) groups is 4. The van der Waals surface area contributed by atoms with Crippen LogP contribution in [0.25, 0.3) is 0 Å². The van der Waals surface area contributed by atoms with Crippen molar-refractivity contribution in [3.05, 3.63) is 65.2 Å². The Labute approximate surface area is 187 Å². The number of anilines is 1. The van der Waals surface area contributed by atoms with E-state index in [0.29, 0.717) is 28.8 Å². The molecule has 1 aliphatic carbocycles. The second kappa shape index (κ2) is 9.77. The van der Waals surface area contributed by atoms with E-state index in [0.717, 1.165) is 25.7 Å². The lowest BCUT2D eigenvalue weighted by atomic mass is 9.95. The summed E-state index contributed by atoms with van der Waals surface area (Å²) in [5, 5.41) is 5.88. The molecule has 2 aromatic rings. The molecule has 1 heterocycles. The highest BCUT2D eigenvalue weighted by Crippen LogP contribution is 2.23. The highest BCUT2D eigenvalue weighted by molar-refractivity contribution is 6.21. The highest BCUT2D eigenvalue weighted by atomic mass is 16.2. The summed E-state index contributed by atoms with van der Waals surface area (Å²) < 4.78 is 0. The molecule has 2 aromatic carbocycles. The summed E-state index contributed by atoms with van der Waals surface area (Å²) in [4.78, 5) is 51.3. The molecule has 0 radical (unpaired) electrons. The summed E-state index contributed by atoms with van der Waals surface area (Å²) in [6.45, 7) is 0.170. The van der Waals surface area contributed by atoms with Gasteiger partial charge in [0, 0.05) is 19.0 Å². The van der Waals surface area contributed by atoms with E-state index in [2.05, 4.69) is 10.6 Å². The number of rotatable bonds is 7. The van der Waals surface area contributed by atoms with Crippen LogP contribution >= 0.6 is 0 Å². The summed E-state index contributed by atoms with van der Waals surface area (Å²) >= 11 is 0. The second-order valence-corrected chi connectivity index (χ2v) is 8.31. The van der Waals surface area contributed by atoms with Gasteiger partial charge in [0.1, 0.15) is 0 Å². The van der Waals surface area contributed by atoms with E-state index in [4.69, 9.17) is 0 Å². The predicted octanol–water partition coefficient (Wildman–Crippen LogP) is 3.76.